The van der Waals surface area contributed by atoms with E-state index >= 15 is 0 Å². The molecule has 1 unspecified atom stereocenters. The van der Waals surface area contributed by atoms with Crippen molar-refractivity contribution in [3.63, 3.8) is 0 Å². The second kappa shape index (κ2) is 7.25. The average molecular weight is 326 g/mol. The third kappa shape index (κ3) is 3.72. The van der Waals surface area contributed by atoms with E-state index in [1.54, 1.807) is 6.08 Å². The lowest BCUT2D eigenvalue weighted by Crippen LogP contribution is -2.23. The molecule has 1 saturated carbocycles. The van der Waals surface area contributed by atoms with Gasteiger partial charge >= 0.3 is 5.97 Å². The van der Waals surface area contributed by atoms with Crippen LogP contribution in [-0.2, 0) is 16.0 Å². The van der Waals surface area contributed by atoms with Crippen LogP contribution in [0.3, 0.4) is 0 Å². The molecule has 24 heavy (non-hydrogen) atoms. The van der Waals surface area contributed by atoms with Gasteiger partial charge in [-0.3, -0.25) is 4.79 Å². The predicted molar refractivity (Wildman–Crippen MR) is 95.9 cm³/mol. The molecular formula is C21H26O3. The average Bonchev–Trinajstić information content (AvgIpc) is 3.12. The second-order valence-electron chi connectivity index (χ2n) is 6.99. The van der Waals surface area contributed by atoms with Crippen molar-refractivity contribution in [2.45, 2.75) is 51.7 Å². The topological polar surface area (TPSA) is 35.5 Å². The summed E-state index contributed by atoms with van der Waals surface area (Å²) in [6.07, 6.45) is 9.81. The zero-order valence-corrected chi connectivity index (χ0v) is 14.5. The molecule has 1 aromatic rings. The number of ether oxygens (including phenoxy) is 2. The van der Waals surface area contributed by atoms with Crippen molar-refractivity contribution in [1.82, 2.24) is 0 Å². The molecule has 0 aliphatic heterocycles. The van der Waals surface area contributed by atoms with Crippen molar-refractivity contribution < 1.29 is 14.3 Å². The summed E-state index contributed by atoms with van der Waals surface area (Å²) >= 11 is 0. The van der Waals surface area contributed by atoms with Gasteiger partial charge in [-0.1, -0.05) is 30.9 Å². The summed E-state index contributed by atoms with van der Waals surface area (Å²) in [6.45, 7) is 7.85. The lowest BCUT2D eigenvalue weighted by molar-refractivity contribution is -0.150. The van der Waals surface area contributed by atoms with Crippen LogP contribution in [0, 0.1) is 11.8 Å². The van der Waals surface area contributed by atoms with Gasteiger partial charge < -0.3 is 9.47 Å². The molecule has 3 atom stereocenters. The van der Waals surface area contributed by atoms with Crippen molar-refractivity contribution in [2.24, 2.45) is 11.8 Å². The number of carbonyl (C=O) groups is 1. The Morgan fingerprint density at radius 2 is 2.00 bits per heavy atom. The first-order chi connectivity index (χ1) is 11.6. The quantitative estimate of drug-likeness (QED) is 0.544. The smallest absolute Gasteiger partial charge is 0.306 e. The Morgan fingerprint density at radius 3 is 2.58 bits per heavy atom. The molecule has 3 heteroatoms. The molecule has 0 saturated heterocycles. The maximum Gasteiger partial charge on any atom is 0.306 e. The number of hydrogen-bond donors (Lipinski definition) is 0. The Labute approximate surface area is 144 Å². The molecule has 3 nitrogen and oxygen atoms in total. The Kier molecular flexibility index (Phi) is 5.08. The molecule has 1 aromatic carbocycles. The van der Waals surface area contributed by atoms with Crippen LogP contribution in [0.4, 0.5) is 0 Å². The highest BCUT2D eigenvalue weighted by molar-refractivity contribution is 5.70. The molecule has 0 spiro atoms. The van der Waals surface area contributed by atoms with Gasteiger partial charge in [0.2, 0.25) is 0 Å². The number of rotatable bonds is 7. The molecule has 2 bridgehead atoms. The van der Waals surface area contributed by atoms with Crippen LogP contribution in [0.15, 0.2) is 36.9 Å². The summed E-state index contributed by atoms with van der Waals surface area (Å²) in [4.78, 5) is 12.2. The van der Waals surface area contributed by atoms with Gasteiger partial charge in [-0.25, -0.2) is 0 Å². The van der Waals surface area contributed by atoms with Crippen molar-refractivity contribution in [1.29, 1.82) is 0 Å². The molecule has 0 amide bonds. The number of carbonyl (C=O) groups excluding carboxylic acids is 1. The molecule has 128 valence electrons. The summed E-state index contributed by atoms with van der Waals surface area (Å²) in [7, 11) is 0. The van der Waals surface area contributed by atoms with E-state index in [2.05, 4.69) is 18.7 Å². The Hall–Kier alpha value is -2.03. The van der Waals surface area contributed by atoms with E-state index in [1.165, 1.54) is 0 Å². The van der Waals surface area contributed by atoms with Gasteiger partial charge in [0.25, 0.3) is 0 Å². The fourth-order valence-corrected chi connectivity index (χ4v) is 3.63. The van der Waals surface area contributed by atoms with Crippen molar-refractivity contribution in [3.05, 3.63) is 48.1 Å². The third-order valence-corrected chi connectivity index (χ3v) is 4.82. The minimum atomic E-state index is -0.0942. The van der Waals surface area contributed by atoms with Crippen molar-refractivity contribution in [3.8, 4) is 5.75 Å². The van der Waals surface area contributed by atoms with Crippen LogP contribution in [0.2, 0.25) is 0 Å². The van der Waals surface area contributed by atoms with Crippen LogP contribution in [0.1, 0.15) is 44.2 Å². The van der Waals surface area contributed by atoms with E-state index in [0.717, 1.165) is 29.7 Å². The molecule has 1 fully saturated rings. The minimum absolute atomic E-state index is 0.0862. The van der Waals surface area contributed by atoms with Gasteiger partial charge in [-0.15, -0.1) is 0 Å². The first-order valence-electron chi connectivity index (χ1n) is 8.86. The third-order valence-electron chi connectivity index (χ3n) is 4.82. The fraction of sp³-hybridized carbons (Fsp3) is 0.476. The number of aryl methyl sites for hydroxylation is 1. The molecule has 0 radical (unpaired) electrons. The van der Waals surface area contributed by atoms with Crippen LogP contribution in [0.5, 0.6) is 5.75 Å². The Balaban J connectivity index is 1.54. The first-order valence-corrected chi connectivity index (χ1v) is 8.86. The van der Waals surface area contributed by atoms with Gasteiger partial charge in [-0.2, -0.15) is 0 Å². The normalized spacial score (nSPS) is 24.4. The summed E-state index contributed by atoms with van der Waals surface area (Å²) in [5, 5.41) is 0. The highest BCUT2D eigenvalue weighted by atomic mass is 16.5. The Bertz CT molecular complexity index is 630. The molecule has 0 N–H and O–H groups in total. The number of benzene rings is 1. The molecule has 0 heterocycles. The highest BCUT2D eigenvalue weighted by Gasteiger charge is 2.40. The van der Waals surface area contributed by atoms with E-state index in [9.17, 15) is 4.79 Å². The Morgan fingerprint density at radius 1 is 1.29 bits per heavy atom. The van der Waals surface area contributed by atoms with Crippen LogP contribution in [0.25, 0.3) is 6.08 Å². The molecule has 2 aliphatic rings. The highest BCUT2D eigenvalue weighted by Crippen LogP contribution is 2.41. The molecule has 2 aliphatic carbocycles. The first kappa shape index (κ1) is 16.8. The fourth-order valence-electron chi connectivity index (χ4n) is 3.63. The molecule has 3 rings (SSSR count). The number of fused-ring (bicyclic) bond motifs is 2. The largest absolute Gasteiger partial charge is 0.490 e. The maximum atomic E-state index is 12.2. The van der Waals surface area contributed by atoms with Gasteiger partial charge in [0.05, 0.1) is 6.10 Å². The minimum Gasteiger partial charge on any atom is -0.490 e. The van der Waals surface area contributed by atoms with Crippen molar-refractivity contribution in [2.75, 3.05) is 0 Å². The predicted octanol–water partition coefficient (Wildman–Crippen LogP) is 4.56. The van der Waals surface area contributed by atoms with Crippen LogP contribution in [-0.4, -0.2) is 18.2 Å². The van der Waals surface area contributed by atoms with Crippen LogP contribution >= 0.6 is 0 Å². The summed E-state index contributed by atoms with van der Waals surface area (Å²) in [5.41, 5.74) is 2.07. The van der Waals surface area contributed by atoms with Gasteiger partial charge in [0.15, 0.2) is 0 Å². The summed E-state index contributed by atoms with van der Waals surface area (Å²) < 4.78 is 11.5. The lowest BCUT2D eigenvalue weighted by atomic mass is 10.0. The SMILES string of the molecule is C=Cc1cc(CCC(=O)OC2[C@@H]3C=C[C@H]2CC3)ccc1OC(C)C. The van der Waals surface area contributed by atoms with Crippen LogP contribution < -0.4 is 4.74 Å². The number of esters is 1. The van der Waals surface area contributed by atoms with E-state index in [4.69, 9.17) is 9.47 Å². The summed E-state index contributed by atoms with van der Waals surface area (Å²) in [5.74, 6) is 1.63. The zero-order valence-electron chi connectivity index (χ0n) is 14.5. The van der Waals surface area contributed by atoms with E-state index in [-0.39, 0.29) is 18.2 Å². The standard InChI is InChI=1S/C21H26O3/c1-4-16-13-15(5-11-19(16)23-14(2)3)6-12-20(22)24-21-17-7-8-18(21)10-9-17/h4-5,7-8,11,13-14,17-18,21H,1,6,9-10,12H2,2-3H3/t17-,18+,21?. The maximum absolute atomic E-state index is 12.2. The van der Waals surface area contributed by atoms with E-state index in [0.29, 0.717) is 24.7 Å². The molecular weight excluding hydrogens is 300 g/mol. The number of hydrogen-bond acceptors (Lipinski definition) is 3. The molecule has 0 aromatic heterocycles. The lowest BCUT2D eigenvalue weighted by Gasteiger charge is -2.17. The van der Waals surface area contributed by atoms with Gasteiger partial charge in [0.1, 0.15) is 11.9 Å². The van der Waals surface area contributed by atoms with Gasteiger partial charge in [-0.05, 0) is 50.8 Å². The summed E-state index contributed by atoms with van der Waals surface area (Å²) in [6, 6.07) is 6.01. The van der Waals surface area contributed by atoms with Crippen molar-refractivity contribution >= 4 is 12.0 Å². The second-order valence-corrected chi connectivity index (χ2v) is 6.99. The monoisotopic (exact) mass is 326 g/mol. The van der Waals surface area contributed by atoms with Gasteiger partial charge in [0, 0.05) is 23.8 Å². The zero-order chi connectivity index (χ0) is 17.1. The van der Waals surface area contributed by atoms with E-state index in [1.807, 2.05) is 32.0 Å². The van der Waals surface area contributed by atoms with E-state index < -0.39 is 0 Å².